The lowest BCUT2D eigenvalue weighted by Crippen LogP contribution is -2.61. The molecular weight excluding hydrogens is 1100 g/mol. The lowest BCUT2D eigenvalue weighted by atomic mass is 9.84. The summed E-state index contributed by atoms with van der Waals surface area (Å²) in [5, 5.41) is 22.6. The Balaban J connectivity index is 1.20. The van der Waals surface area contributed by atoms with E-state index < -0.39 is 95.6 Å². The zero-order valence-corrected chi connectivity index (χ0v) is 53.2. The number of hydrogen-bond acceptors (Lipinski definition) is 10. The molecule has 15 heteroatoms. The first kappa shape index (κ1) is 66.4. The van der Waals surface area contributed by atoms with Gasteiger partial charge in [-0.15, -0.1) is 23.5 Å². The van der Waals surface area contributed by atoms with Gasteiger partial charge in [0.25, 0.3) is 0 Å². The van der Waals surface area contributed by atoms with Gasteiger partial charge in [0.2, 0.25) is 23.6 Å². The number of hydrogen-bond donors (Lipinski definition) is 5. The van der Waals surface area contributed by atoms with Gasteiger partial charge in [0, 0.05) is 5.75 Å². The second-order valence-electron chi connectivity index (χ2n) is 23.4. The highest BCUT2D eigenvalue weighted by atomic mass is 32.2. The van der Waals surface area contributed by atoms with Crippen LogP contribution < -0.4 is 21.3 Å². The van der Waals surface area contributed by atoms with Crippen molar-refractivity contribution in [3.05, 3.63) is 228 Å². The Morgan fingerprint density at radius 1 is 0.524 bits per heavy atom. The highest BCUT2D eigenvalue weighted by molar-refractivity contribution is 8.00. The van der Waals surface area contributed by atoms with Crippen molar-refractivity contribution in [1.29, 1.82) is 0 Å². The number of methoxy groups -OCH3 is 1. The molecule has 0 bridgehead atoms. The number of allylic oxidation sites excluding steroid dienone is 1. The molecule has 0 aromatic heterocycles. The van der Waals surface area contributed by atoms with E-state index in [2.05, 4.69) is 128 Å². The van der Waals surface area contributed by atoms with Gasteiger partial charge in [0.1, 0.15) is 18.1 Å². The van der Waals surface area contributed by atoms with Gasteiger partial charge >= 0.3 is 5.97 Å². The first-order valence-corrected chi connectivity index (χ1v) is 33.9. The normalized spacial score (nSPS) is 14.4. The smallest absolute Gasteiger partial charge is 0.331 e. The van der Waals surface area contributed by atoms with Gasteiger partial charge in [0.15, 0.2) is 14.4 Å². The van der Waals surface area contributed by atoms with Crippen molar-refractivity contribution < 1.29 is 38.2 Å². The second-order valence-corrected chi connectivity index (χ2v) is 30.7. The Morgan fingerprint density at radius 2 is 0.881 bits per heavy atom. The van der Waals surface area contributed by atoms with Crippen molar-refractivity contribution in [1.82, 2.24) is 21.3 Å². The average molecular weight is 1190 g/mol. The average Bonchev–Trinajstić information content (AvgIpc) is 1.81. The van der Waals surface area contributed by atoms with Crippen LogP contribution in [0.4, 0.5) is 0 Å². The summed E-state index contributed by atoms with van der Waals surface area (Å²) in [5.74, 6) is -3.38. The van der Waals surface area contributed by atoms with Gasteiger partial charge in [-0.2, -0.15) is 0 Å². The van der Waals surface area contributed by atoms with Crippen LogP contribution in [-0.4, -0.2) is 98.0 Å². The molecule has 0 heterocycles. The van der Waals surface area contributed by atoms with Crippen LogP contribution in [0.5, 0.6) is 0 Å². The molecule has 0 aliphatic heterocycles. The van der Waals surface area contributed by atoms with Crippen molar-refractivity contribution >= 4 is 61.4 Å². The summed E-state index contributed by atoms with van der Waals surface area (Å²) in [6.07, 6.45) is 1.87. The summed E-state index contributed by atoms with van der Waals surface area (Å²) in [7, 11) is -1.23. The number of aliphatic hydroxyl groups is 1. The summed E-state index contributed by atoms with van der Waals surface area (Å²) in [6, 6.07) is 56.4. The minimum absolute atomic E-state index is 0.00346. The maximum Gasteiger partial charge on any atom is 0.331 e. The summed E-state index contributed by atoms with van der Waals surface area (Å²) in [5.41, 5.74) is 6.24. The predicted molar refractivity (Wildman–Crippen MR) is 345 cm³/mol. The number of thioether (sulfide) groups is 2. The summed E-state index contributed by atoms with van der Waals surface area (Å²) >= 11 is 3.25. The largest absolute Gasteiger partial charge is 0.467 e. The number of carbonyl (C=O) groups is 5. The molecule has 84 heavy (non-hydrogen) atoms. The number of nitrogens with one attached hydrogen (secondary N) is 4. The van der Waals surface area contributed by atoms with Crippen molar-refractivity contribution in [2.45, 2.75) is 132 Å². The topological polar surface area (TPSA) is 172 Å². The Bertz CT molecular complexity index is 2870. The highest BCUT2D eigenvalue weighted by Gasteiger charge is 2.44. The van der Waals surface area contributed by atoms with Gasteiger partial charge in [-0.25, -0.2) is 4.79 Å². The number of benzene rings is 6. The molecule has 5 N–H and O–H groups in total. The van der Waals surface area contributed by atoms with E-state index in [0.717, 1.165) is 33.4 Å². The molecule has 0 unspecified atom stereocenters. The predicted octanol–water partition coefficient (Wildman–Crippen LogP) is 12.0. The third-order valence-electron chi connectivity index (χ3n) is 15.6. The first-order valence-electron chi connectivity index (χ1n) is 29.0. The Labute approximate surface area is 508 Å². The third kappa shape index (κ3) is 17.0. The van der Waals surface area contributed by atoms with Crippen LogP contribution in [0.2, 0.25) is 18.1 Å². The molecule has 6 aromatic rings. The quantitative estimate of drug-likeness (QED) is 0.0100. The zero-order valence-electron chi connectivity index (χ0n) is 50.5. The fourth-order valence-corrected chi connectivity index (χ4v) is 14.4. The number of aliphatic hydroxyl groups excluding tert-OH is 1. The third-order valence-corrected chi connectivity index (χ3v) is 23.4. The van der Waals surface area contributed by atoms with Crippen LogP contribution in [0.1, 0.15) is 102 Å². The second kappa shape index (κ2) is 30.9. The van der Waals surface area contributed by atoms with Crippen molar-refractivity contribution in [2.24, 2.45) is 11.8 Å². The van der Waals surface area contributed by atoms with Gasteiger partial charge < -0.3 is 35.5 Å². The lowest BCUT2D eigenvalue weighted by Gasteiger charge is -2.40. The summed E-state index contributed by atoms with van der Waals surface area (Å²) < 4.78 is 10.5. The first-order chi connectivity index (χ1) is 40.0. The molecule has 6 aromatic carbocycles. The molecule has 446 valence electrons. The molecular formula is C69H86N4O8S2Si. The monoisotopic (exact) mass is 1190 g/mol. The molecule has 0 saturated heterocycles. The molecule has 0 aliphatic rings. The molecule has 12 nitrogen and oxygen atoms in total. The Morgan fingerprint density at radius 3 is 1.25 bits per heavy atom. The van der Waals surface area contributed by atoms with E-state index in [1.54, 1.807) is 52.5 Å². The van der Waals surface area contributed by atoms with E-state index in [1.165, 1.54) is 18.9 Å². The fourth-order valence-electron chi connectivity index (χ4n) is 9.98. The van der Waals surface area contributed by atoms with E-state index >= 15 is 4.79 Å². The maximum absolute atomic E-state index is 15.1. The minimum Gasteiger partial charge on any atom is -0.467 e. The summed E-state index contributed by atoms with van der Waals surface area (Å²) in [4.78, 5) is 71.7. The molecule has 0 saturated carbocycles. The standard InChI is InChI=1S/C69H86N4O8S2Si/c1-48(2)60(71-59(75)46-57(74)44-30-31-45-82-68(51-32-18-12-19-33-51,52-34-20-13-21-35-52)53-36-22-14-23-37-53)65(78)72-61(49(3)4)64(77)70-58(63(76)73-62(66(79)80-9)50(5)81-84(10,11)67(6,7)8)47-83-69(54-38-24-15-25-39-54,55-40-26-16-27-41-55)56-42-28-17-29-43-56/h12-30,32-44,48-50,57-58,60-62,74H,31,45-47H2,1-11H3,(H,70,77)(H,71,75)(H,72,78)(H,73,76)/b44-30+/t50-,57+,58-,60-,61-,62+/m1/s1. The van der Waals surface area contributed by atoms with E-state index in [9.17, 15) is 24.3 Å². The van der Waals surface area contributed by atoms with Gasteiger partial charge in [-0.3, -0.25) is 19.2 Å². The molecule has 0 fully saturated rings. The Hall–Kier alpha value is -6.75. The SMILES string of the molecule is COC(=O)[C@@H](NC(=O)[C@@H](CSC(c1ccccc1)(c1ccccc1)c1ccccc1)NC(=O)[C@H](NC(=O)[C@H](NC(=O)C[C@@H](O)/C=C/CCSC(c1ccccc1)(c1ccccc1)c1ccccc1)C(C)C)C(C)C)[C@@H](C)O[Si](C)(C)C(C)(C)C. The molecule has 6 atom stereocenters. The molecule has 0 aliphatic carbocycles. The molecule has 0 radical (unpaired) electrons. The summed E-state index contributed by atoms with van der Waals surface area (Å²) in [6.45, 7) is 19.2. The van der Waals surface area contributed by atoms with E-state index in [-0.39, 0.29) is 17.2 Å². The van der Waals surface area contributed by atoms with E-state index in [4.69, 9.17) is 9.16 Å². The molecule has 4 amide bonds. The van der Waals surface area contributed by atoms with Gasteiger partial charge in [-0.05, 0) is 82.4 Å². The maximum atomic E-state index is 15.1. The lowest BCUT2D eigenvalue weighted by molar-refractivity contribution is -0.148. The van der Waals surface area contributed by atoms with Crippen molar-refractivity contribution in [3.63, 3.8) is 0 Å². The van der Waals surface area contributed by atoms with Crippen LogP contribution in [0.3, 0.4) is 0 Å². The van der Waals surface area contributed by atoms with Crippen LogP contribution >= 0.6 is 23.5 Å². The van der Waals surface area contributed by atoms with E-state index in [1.807, 2.05) is 115 Å². The number of ether oxygens (including phenoxy) is 1. The number of carbonyl (C=O) groups excluding carboxylic acids is 5. The van der Waals surface area contributed by atoms with Gasteiger partial charge in [-0.1, -0.05) is 243 Å². The van der Waals surface area contributed by atoms with E-state index in [0.29, 0.717) is 12.2 Å². The number of amides is 4. The fraction of sp³-hybridized carbons (Fsp3) is 0.377. The van der Waals surface area contributed by atoms with Crippen molar-refractivity contribution in [2.75, 3.05) is 18.6 Å². The molecule has 0 spiro atoms. The van der Waals surface area contributed by atoms with Crippen LogP contribution in [0, 0.1) is 11.8 Å². The minimum atomic E-state index is -2.48. The zero-order chi connectivity index (χ0) is 61.1. The molecule has 6 rings (SSSR count). The number of rotatable bonds is 29. The van der Waals surface area contributed by atoms with Crippen LogP contribution in [0.15, 0.2) is 194 Å². The van der Waals surface area contributed by atoms with Crippen LogP contribution in [-0.2, 0) is 42.6 Å². The number of esters is 1. The highest BCUT2D eigenvalue weighted by Crippen LogP contribution is 2.50. The van der Waals surface area contributed by atoms with Crippen molar-refractivity contribution in [3.8, 4) is 0 Å². The van der Waals surface area contributed by atoms with Gasteiger partial charge in [0.05, 0.1) is 35.2 Å². The Kier molecular flexibility index (Phi) is 24.4. The van der Waals surface area contributed by atoms with Crippen LogP contribution in [0.25, 0.3) is 0 Å².